The lowest BCUT2D eigenvalue weighted by atomic mass is 9.92. The van der Waals surface area contributed by atoms with E-state index in [0.717, 1.165) is 6.42 Å². The van der Waals surface area contributed by atoms with Crippen LogP contribution in [0.4, 0.5) is 4.79 Å². The van der Waals surface area contributed by atoms with Crippen LogP contribution in [0.1, 0.15) is 72.1 Å². The minimum absolute atomic E-state index is 0.0791. The highest BCUT2D eigenvalue weighted by molar-refractivity contribution is 7.91. The number of hydrogen-bond acceptors (Lipinski definition) is 9. The predicted octanol–water partition coefficient (Wildman–Crippen LogP) is 0.718. The average molecular weight is 613 g/mol. The minimum Gasteiger partial charge on any atom is -0.444 e. The lowest BCUT2D eigenvalue weighted by Gasteiger charge is -2.33. The minimum atomic E-state index is -3.85. The lowest BCUT2D eigenvalue weighted by molar-refractivity contribution is -0.142. The second-order valence-corrected chi connectivity index (χ2v) is 14.9. The molecule has 0 radical (unpaired) electrons. The van der Waals surface area contributed by atoms with Crippen LogP contribution in [0.2, 0.25) is 0 Å². The van der Waals surface area contributed by atoms with Gasteiger partial charge in [0.2, 0.25) is 21.8 Å². The SMILES string of the molecule is COC[C@@H]1CCCC/C=C\[C@@H]2C[C@@]2(C(=O)NS(=O)(=O)C2CC2)NC(=O)[C@@H]2C[C@@H](O)CN2C(=O)[C@H]1NC(=O)OC(C)(C)C. The van der Waals surface area contributed by atoms with Gasteiger partial charge in [0.15, 0.2) is 0 Å². The number of amides is 4. The highest BCUT2D eigenvalue weighted by Crippen LogP contribution is 2.46. The van der Waals surface area contributed by atoms with E-state index in [4.69, 9.17) is 9.47 Å². The highest BCUT2D eigenvalue weighted by Gasteiger charge is 2.62. The largest absolute Gasteiger partial charge is 0.444 e. The van der Waals surface area contributed by atoms with Crippen molar-refractivity contribution in [1.29, 1.82) is 0 Å². The summed E-state index contributed by atoms with van der Waals surface area (Å²) in [6.07, 6.45) is 5.69. The van der Waals surface area contributed by atoms with Gasteiger partial charge in [0, 0.05) is 31.9 Å². The monoisotopic (exact) mass is 612 g/mol. The second-order valence-electron chi connectivity index (χ2n) is 12.9. The summed E-state index contributed by atoms with van der Waals surface area (Å²) in [5, 5.41) is 15.4. The number of alkyl carbamates (subject to hydrolysis) is 1. The van der Waals surface area contributed by atoms with E-state index in [9.17, 15) is 32.7 Å². The number of methoxy groups -OCH3 is 1. The van der Waals surface area contributed by atoms with Crippen LogP contribution in [0.15, 0.2) is 12.2 Å². The number of allylic oxidation sites excluding steroid dienone is 1. The van der Waals surface area contributed by atoms with Crippen molar-refractivity contribution in [3.8, 4) is 0 Å². The van der Waals surface area contributed by atoms with E-state index in [-0.39, 0.29) is 26.0 Å². The number of ether oxygens (including phenoxy) is 2. The summed E-state index contributed by atoms with van der Waals surface area (Å²) in [4.78, 5) is 55.1. The van der Waals surface area contributed by atoms with Crippen molar-refractivity contribution in [2.75, 3.05) is 20.3 Å². The molecule has 2 aliphatic heterocycles. The number of carbonyl (C=O) groups is 4. The van der Waals surface area contributed by atoms with Crippen molar-refractivity contribution in [3.63, 3.8) is 0 Å². The number of nitrogens with zero attached hydrogens (tertiary/aromatic N) is 1. The molecule has 4 amide bonds. The first kappa shape index (κ1) is 32.2. The van der Waals surface area contributed by atoms with Crippen molar-refractivity contribution < 1.29 is 42.2 Å². The molecular formula is C28H44N4O9S. The van der Waals surface area contributed by atoms with Gasteiger partial charge in [0.25, 0.3) is 5.91 Å². The zero-order chi connectivity index (χ0) is 30.9. The summed E-state index contributed by atoms with van der Waals surface area (Å²) in [5.41, 5.74) is -2.30. The van der Waals surface area contributed by atoms with Crippen LogP contribution in [0, 0.1) is 11.8 Å². The van der Waals surface area contributed by atoms with E-state index in [1.165, 1.54) is 12.0 Å². The summed E-state index contributed by atoms with van der Waals surface area (Å²) in [6.45, 7) is 5.12. The Labute approximate surface area is 247 Å². The summed E-state index contributed by atoms with van der Waals surface area (Å²) < 4.78 is 38.1. The molecule has 4 aliphatic rings. The molecule has 4 N–H and O–H groups in total. The van der Waals surface area contributed by atoms with Crippen molar-refractivity contribution in [1.82, 2.24) is 20.3 Å². The quantitative estimate of drug-likeness (QED) is 0.314. The van der Waals surface area contributed by atoms with E-state index < -0.39 is 80.3 Å². The number of carbonyl (C=O) groups excluding carboxylic acids is 4. The van der Waals surface area contributed by atoms with Crippen LogP contribution in [0.3, 0.4) is 0 Å². The highest BCUT2D eigenvalue weighted by atomic mass is 32.2. The maximum Gasteiger partial charge on any atom is 0.408 e. The zero-order valence-electron chi connectivity index (χ0n) is 24.8. The molecule has 42 heavy (non-hydrogen) atoms. The normalized spacial score (nSPS) is 33.3. The van der Waals surface area contributed by atoms with Gasteiger partial charge >= 0.3 is 6.09 Å². The third kappa shape index (κ3) is 7.62. The number of aliphatic hydroxyl groups is 1. The van der Waals surface area contributed by atoms with E-state index in [1.807, 2.05) is 12.2 Å². The molecule has 0 unspecified atom stereocenters. The van der Waals surface area contributed by atoms with Crippen LogP contribution < -0.4 is 15.4 Å². The van der Waals surface area contributed by atoms with E-state index in [1.54, 1.807) is 20.8 Å². The first-order valence-corrected chi connectivity index (χ1v) is 16.2. The Morgan fingerprint density at radius 3 is 2.55 bits per heavy atom. The van der Waals surface area contributed by atoms with Gasteiger partial charge in [0.1, 0.15) is 23.2 Å². The van der Waals surface area contributed by atoms with Gasteiger partial charge in [0.05, 0.1) is 18.0 Å². The molecule has 14 heteroatoms. The average Bonchev–Trinajstić information content (AvgIpc) is 3.80. The van der Waals surface area contributed by atoms with Gasteiger partial charge in [-0.05, 0) is 59.3 Å². The lowest BCUT2D eigenvalue weighted by Crippen LogP contribution is -2.59. The summed E-state index contributed by atoms with van der Waals surface area (Å²) in [6, 6.07) is -2.24. The Kier molecular flexibility index (Phi) is 9.58. The molecule has 1 saturated heterocycles. The number of rotatable bonds is 6. The Balaban J connectivity index is 1.63. The topological polar surface area (TPSA) is 180 Å². The molecule has 0 bridgehead atoms. The third-order valence-corrected chi connectivity index (χ3v) is 10.0. The van der Waals surface area contributed by atoms with Crippen LogP contribution in [-0.4, -0.2) is 97.1 Å². The molecule has 236 valence electrons. The van der Waals surface area contributed by atoms with Gasteiger partial charge in [-0.3, -0.25) is 19.1 Å². The summed E-state index contributed by atoms with van der Waals surface area (Å²) in [7, 11) is -2.35. The van der Waals surface area contributed by atoms with Gasteiger partial charge in [-0.1, -0.05) is 18.6 Å². The van der Waals surface area contributed by atoms with Crippen molar-refractivity contribution in [2.45, 2.75) is 107 Å². The first-order chi connectivity index (χ1) is 19.7. The van der Waals surface area contributed by atoms with Crippen LogP contribution in [0.25, 0.3) is 0 Å². The van der Waals surface area contributed by atoms with Crippen LogP contribution in [0.5, 0.6) is 0 Å². The molecule has 3 fully saturated rings. The number of fused-ring (bicyclic) bond motifs is 2. The molecule has 0 aromatic heterocycles. The molecule has 0 spiro atoms. The van der Waals surface area contributed by atoms with E-state index in [2.05, 4.69) is 15.4 Å². The smallest absolute Gasteiger partial charge is 0.408 e. The number of aliphatic hydroxyl groups excluding tert-OH is 1. The van der Waals surface area contributed by atoms with Crippen molar-refractivity contribution in [2.24, 2.45) is 11.8 Å². The second kappa shape index (κ2) is 12.5. The Morgan fingerprint density at radius 1 is 1.19 bits per heavy atom. The van der Waals surface area contributed by atoms with Gasteiger partial charge < -0.3 is 30.1 Å². The molecule has 4 rings (SSSR count). The molecule has 0 aromatic carbocycles. The zero-order valence-corrected chi connectivity index (χ0v) is 25.6. The number of hydrogen-bond donors (Lipinski definition) is 4. The van der Waals surface area contributed by atoms with Crippen molar-refractivity contribution >= 4 is 33.8 Å². The summed E-state index contributed by atoms with van der Waals surface area (Å²) in [5.74, 6) is -2.91. The van der Waals surface area contributed by atoms with Gasteiger partial charge in [-0.25, -0.2) is 13.2 Å². The third-order valence-electron chi connectivity index (χ3n) is 8.18. The maximum atomic E-state index is 14.1. The maximum absolute atomic E-state index is 14.1. The first-order valence-electron chi connectivity index (χ1n) is 14.7. The van der Waals surface area contributed by atoms with Crippen LogP contribution >= 0.6 is 0 Å². The fourth-order valence-electron chi connectivity index (χ4n) is 5.76. The molecule has 2 heterocycles. The predicted molar refractivity (Wildman–Crippen MR) is 151 cm³/mol. The van der Waals surface area contributed by atoms with Crippen molar-refractivity contribution in [3.05, 3.63) is 12.2 Å². The molecule has 0 aromatic rings. The molecule has 6 atom stereocenters. The number of nitrogens with one attached hydrogen (secondary N) is 3. The Morgan fingerprint density at radius 2 is 1.90 bits per heavy atom. The van der Waals surface area contributed by atoms with E-state index >= 15 is 0 Å². The molecule has 13 nitrogen and oxygen atoms in total. The molecular weight excluding hydrogens is 568 g/mol. The Bertz CT molecular complexity index is 1200. The Hall–Kier alpha value is -2.71. The van der Waals surface area contributed by atoms with Gasteiger partial charge in [-0.15, -0.1) is 0 Å². The molecule has 2 aliphatic carbocycles. The summed E-state index contributed by atoms with van der Waals surface area (Å²) >= 11 is 0. The fraction of sp³-hybridized carbons (Fsp3) is 0.786. The standard InChI is InChI=1S/C28H44N4O9S/c1-27(2,3)41-26(37)29-22-17(16-40-4)9-7-5-6-8-10-18-14-28(18,25(36)31-42(38,39)20-11-12-20)30-23(34)21-13-19(33)15-32(21)24(22)35/h8,10,17-22,33H,5-7,9,11-16H2,1-4H3,(H,29,37)(H,30,34)(H,31,36)/b10-8-/t17-,18+,19+,21-,22-,28+/m0/s1. The van der Waals surface area contributed by atoms with Crippen LogP contribution in [-0.2, 0) is 33.9 Å². The fourth-order valence-corrected chi connectivity index (χ4v) is 7.12. The number of sulfonamides is 1. The molecule has 2 saturated carbocycles. The van der Waals surface area contributed by atoms with E-state index in [0.29, 0.717) is 32.1 Å². The van der Waals surface area contributed by atoms with Gasteiger partial charge in [-0.2, -0.15) is 0 Å².